The fourth-order valence-electron chi connectivity index (χ4n) is 1.87. The molecule has 0 unspecified atom stereocenters. The minimum absolute atomic E-state index is 0.281. The standard InChI is InChI=1S/C13H15N3OS/c17-11-6-4-9(5-7-11)12-8-18-13(16-15-12)14-10-2-1-3-10/h4-7,10,17H,1-3,8H2,(H,14,16). The summed E-state index contributed by atoms with van der Waals surface area (Å²) >= 11 is 1.69. The van der Waals surface area contributed by atoms with Crippen molar-refractivity contribution in [3.05, 3.63) is 29.8 Å². The second kappa shape index (κ2) is 5.02. The van der Waals surface area contributed by atoms with Gasteiger partial charge in [0.2, 0.25) is 0 Å². The SMILES string of the molecule is Oc1ccc(C2=NNC(=NC3CCC3)SC2)cc1. The molecule has 5 heteroatoms. The second-order valence-electron chi connectivity index (χ2n) is 4.52. The molecule has 1 fully saturated rings. The fraction of sp³-hybridized carbons (Fsp3) is 0.385. The Morgan fingerprint density at radius 2 is 2.06 bits per heavy atom. The molecule has 0 aromatic heterocycles. The number of phenols is 1. The van der Waals surface area contributed by atoms with Gasteiger partial charge >= 0.3 is 0 Å². The van der Waals surface area contributed by atoms with Crippen molar-refractivity contribution in [2.24, 2.45) is 10.1 Å². The molecule has 1 aromatic carbocycles. The third kappa shape index (κ3) is 2.51. The van der Waals surface area contributed by atoms with Crippen LogP contribution < -0.4 is 5.43 Å². The number of nitrogens with one attached hydrogen (secondary N) is 1. The molecule has 1 aliphatic carbocycles. The molecule has 0 radical (unpaired) electrons. The average molecular weight is 261 g/mol. The highest BCUT2D eigenvalue weighted by Crippen LogP contribution is 2.24. The quantitative estimate of drug-likeness (QED) is 0.859. The van der Waals surface area contributed by atoms with Crippen molar-refractivity contribution in [1.29, 1.82) is 0 Å². The van der Waals surface area contributed by atoms with Crippen LogP contribution in [0.5, 0.6) is 5.75 Å². The van der Waals surface area contributed by atoms with Gasteiger partial charge in [-0.25, -0.2) is 0 Å². The van der Waals surface area contributed by atoms with E-state index in [1.165, 1.54) is 19.3 Å². The van der Waals surface area contributed by atoms with Gasteiger partial charge in [0, 0.05) is 5.75 Å². The number of thioether (sulfide) groups is 1. The summed E-state index contributed by atoms with van der Waals surface area (Å²) in [4.78, 5) is 4.60. The van der Waals surface area contributed by atoms with Gasteiger partial charge in [0.25, 0.3) is 0 Å². The summed E-state index contributed by atoms with van der Waals surface area (Å²) in [6, 6.07) is 7.63. The normalized spacial score (nSPS) is 22.2. The summed E-state index contributed by atoms with van der Waals surface area (Å²) in [5, 5.41) is 14.5. The first-order chi connectivity index (χ1) is 8.81. The van der Waals surface area contributed by atoms with Crippen LogP contribution in [-0.4, -0.2) is 27.8 Å². The Balaban J connectivity index is 1.69. The molecule has 0 bridgehead atoms. The van der Waals surface area contributed by atoms with Crippen LogP contribution in [0.4, 0.5) is 0 Å². The first-order valence-corrected chi connectivity index (χ1v) is 7.12. The molecule has 1 heterocycles. The third-order valence-corrected chi connectivity index (χ3v) is 4.10. The number of aliphatic imine (C=N–C) groups is 1. The zero-order chi connectivity index (χ0) is 12.4. The van der Waals surface area contributed by atoms with E-state index in [1.54, 1.807) is 23.9 Å². The molecule has 0 spiro atoms. The Morgan fingerprint density at radius 1 is 1.28 bits per heavy atom. The number of aromatic hydroxyl groups is 1. The first-order valence-electron chi connectivity index (χ1n) is 6.14. The topological polar surface area (TPSA) is 57.0 Å². The molecule has 0 atom stereocenters. The Hall–Kier alpha value is -1.49. The number of hydrogen-bond acceptors (Lipinski definition) is 4. The number of hydrazone groups is 1. The van der Waals surface area contributed by atoms with Gasteiger partial charge in [-0.3, -0.25) is 10.4 Å². The van der Waals surface area contributed by atoms with Gasteiger partial charge in [-0.05, 0) is 49.1 Å². The van der Waals surface area contributed by atoms with E-state index < -0.39 is 0 Å². The van der Waals surface area contributed by atoms with Gasteiger partial charge in [-0.15, -0.1) is 0 Å². The minimum Gasteiger partial charge on any atom is -0.508 e. The lowest BCUT2D eigenvalue weighted by Gasteiger charge is -2.23. The molecule has 18 heavy (non-hydrogen) atoms. The highest BCUT2D eigenvalue weighted by atomic mass is 32.2. The fourth-order valence-corrected chi connectivity index (χ4v) is 2.70. The highest BCUT2D eigenvalue weighted by Gasteiger charge is 2.19. The van der Waals surface area contributed by atoms with Crippen molar-refractivity contribution in [3.63, 3.8) is 0 Å². The van der Waals surface area contributed by atoms with Crippen LogP contribution >= 0.6 is 11.8 Å². The summed E-state index contributed by atoms with van der Waals surface area (Å²) in [5.74, 6) is 1.10. The van der Waals surface area contributed by atoms with Crippen LogP contribution in [0.15, 0.2) is 34.4 Å². The first kappa shape index (κ1) is 11.6. The molecule has 2 N–H and O–H groups in total. The van der Waals surface area contributed by atoms with E-state index in [2.05, 4.69) is 15.5 Å². The molecule has 0 saturated heterocycles. The van der Waals surface area contributed by atoms with Gasteiger partial charge < -0.3 is 5.11 Å². The van der Waals surface area contributed by atoms with Gasteiger partial charge in [-0.2, -0.15) is 5.10 Å². The number of amidine groups is 1. The number of rotatable bonds is 2. The molecule has 2 aliphatic rings. The maximum atomic E-state index is 9.25. The lowest BCUT2D eigenvalue weighted by molar-refractivity contribution is 0.420. The second-order valence-corrected chi connectivity index (χ2v) is 5.49. The van der Waals surface area contributed by atoms with Crippen molar-refractivity contribution in [2.45, 2.75) is 25.3 Å². The van der Waals surface area contributed by atoms with E-state index in [9.17, 15) is 5.11 Å². The van der Waals surface area contributed by atoms with E-state index in [0.717, 1.165) is 22.2 Å². The number of benzene rings is 1. The molecular formula is C13H15N3OS. The Labute approximate surface area is 110 Å². The largest absolute Gasteiger partial charge is 0.508 e. The van der Waals surface area contributed by atoms with Crippen molar-refractivity contribution in [2.75, 3.05) is 5.75 Å². The van der Waals surface area contributed by atoms with Crippen molar-refractivity contribution >= 4 is 22.6 Å². The average Bonchev–Trinajstić information content (AvgIpc) is 2.36. The van der Waals surface area contributed by atoms with Crippen molar-refractivity contribution in [1.82, 2.24) is 5.43 Å². The molecule has 94 valence electrons. The number of nitrogens with zero attached hydrogens (tertiary/aromatic N) is 2. The Kier molecular flexibility index (Phi) is 3.23. The number of hydrogen-bond donors (Lipinski definition) is 2. The van der Waals surface area contributed by atoms with Crippen LogP contribution in [0, 0.1) is 0 Å². The Morgan fingerprint density at radius 3 is 2.61 bits per heavy atom. The lowest BCUT2D eigenvalue weighted by atomic mass is 9.94. The highest BCUT2D eigenvalue weighted by molar-refractivity contribution is 8.14. The van der Waals surface area contributed by atoms with E-state index in [4.69, 9.17) is 0 Å². The van der Waals surface area contributed by atoms with E-state index in [-0.39, 0.29) is 5.75 Å². The summed E-state index contributed by atoms with van der Waals surface area (Å²) in [6.07, 6.45) is 3.72. The van der Waals surface area contributed by atoms with Gasteiger partial charge in [0.1, 0.15) is 5.75 Å². The van der Waals surface area contributed by atoms with Crippen LogP contribution in [0.2, 0.25) is 0 Å². The van der Waals surface area contributed by atoms with Gasteiger partial charge in [0.15, 0.2) is 5.17 Å². The molecule has 4 nitrogen and oxygen atoms in total. The summed E-state index contributed by atoms with van der Waals surface area (Å²) in [6.45, 7) is 0. The van der Waals surface area contributed by atoms with Crippen LogP contribution in [0.1, 0.15) is 24.8 Å². The number of phenolic OH excluding ortho intramolecular Hbond substituents is 1. The monoisotopic (exact) mass is 261 g/mol. The summed E-state index contributed by atoms with van der Waals surface area (Å²) in [7, 11) is 0. The zero-order valence-corrected chi connectivity index (χ0v) is 10.8. The molecular weight excluding hydrogens is 246 g/mol. The van der Waals surface area contributed by atoms with Gasteiger partial charge in [-0.1, -0.05) is 11.8 Å². The van der Waals surface area contributed by atoms with E-state index in [0.29, 0.717) is 6.04 Å². The van der Waals surface area contributed by atoms with Crippen LogP contribution in [0.3, 0.4) is 0 Å². The molecule has 1 aromatic rings. The summed E-state index contributed by atoms with van der Waals surface area (Å²) in [5.41, 5.74) is 5.05. The summed E-state index contributed by atoms with van der Waals surface area (Å²) < 4.78 is 0. The molecule has 0 amide bonds. The van der Waals surface area contributed by atoms with Crippen LogP contribution in [-0.2, 0) is 0 Å². The van der Waals surface area contributed by atoms with Gasteiger partial charge in [0.05, 0.1) is 11.8 Å². The molecule has 1 aliphatic heterocycles. The van der Waals surface area contributed by atoms with Crippen molar-refractivity contribution < 1.29 is 5.11 Å². The van der Waals surface area contributed by atoms with E-state index >= 15 is 0 Å². The third-order valence-electron chi connectivity index (χ3n) is 3.21. The molecule has 1 saturated carbocycles. The molecule has 3 rings (SSSR count). The van der Waals surface area contributed by atoms with Crippen LogP contribution in [0.25, 0.3) is 0 Å². The Bertz CT molecular complexity index is 491. The maximum absolute atomic E-state index is 9.25. The predicted octanol–water partition coefficient (Wildman–Crippen LogP) is 2.34. The minimum atomic E-state index is 0.281. The zero-order valence-electron chi connectivity index (χ0n) is 9.97. The van der Waals surface area contributed by atoms with E-state index in [1.807, 2.05) is 12.1 Å². The smallest absolute Gasteiger partial charge is 0.177 e. The predicted molar refractivity (Wildman–Crippen MR) is 75.3 cm³/mol. The lowest BCUT2D eigenvalue weighted by Crippen LogP contribution is -2.28. The van der Waals surface area contributed by atoms with Crippen molar-refractivity contribution in [3.8, 4) is 5.75 Å². The maximum Gasteiger partial charge on any atom is 0.177 e.